The number of alkyl halides is 3. The molecule has 2 rings (SSSR count). The predicted octanol–water partition coefficient (Wildman–Crippen LogP) is 4.28. The van der Waals surface area contributed by atoms with Crippen LogP contribution >= 0.6 is 0 Å². The zero-order valence-corrected chi connectivity index (χ0v) is 13.2. The lowest BCUT2D eigenvalue weighted by molar-refractivity contribution is -0.137. The zero-order valence-electron chi connectivity index (χ0n) is 13.2. The molecule has 0 bridgehead atoms. The van der Waals surface area contributed by atoms with Crippen LogP contribution in [-0.4, -0.2) is 33.7 Å². The van der Waals surface area contributed by atoms with E-state index >= 15 is 0 Å². The number of pyridine rings is 1. The Morgan fingerprint density at radius 1 is 1.35 bits per heavy atom. The highest BCUT2D eigenvalue weighted by molar-refractivity contribution is 5.71. The van der Waals surface area contributed by atoms with Crippen LogP contribution < -0.4 is 0 Å². The molecule has 1 aromatic heterocycles. The maximum Gasteiger partial charge on any atom is 0.416 e. The fourth-order valence-electron chi connectivity index (χ4n) is 2.71. The van der Waals surface area contributed by atoms with Crippen molar-refractivity contribution in [1.29, 1.82) is 0 Å². The minimum Gasteiger partial charge on any atom is -0.465 e. The summed E-state index contributed by atoms with van der Waals surface area (Å²) in [7, 11) is 0. The van der Waals surface area contributed by atoms with E-state index in [1.807, 2.05) is 20.8 Å². The van der Waals surface area contributed by atoms with E-state index in [9.17, 15) is 23.1 Å². The van der Waals surface area contributed by atoms with Gasteiger partial charge in [0.05, 0.1) is 11.3 Å². The third-order valence-electron chi connectivity index (χ3n) is 3.99. The molecule has 1 aliphatic rings. The van der Waals surface area contributed by atoms with Gasteiger partial charge in [-0.3, -0.25) is 4.98 Å². The summed E-state index contributed by atoms with van der Waals surface area (Å²) in [5.41, 5.74) is -0.191. The van der Waals surface area contributed by atoms with E-state index < -0.39 is 17.8 Å². The Balaban J connectivity index is 2.36. The molecule has 0 fully saturated rings. The average Bonchev–Trinajstić information content (AvgIpc) is 2.45. The molecule has 4 nitrogen and oxygen atoms in total. The fraction of sp³-hybridized carbons (Fsp3) is 0.500. The topological polar surface area (TPSA) is 53.4 Å². The molecule has 0 aliphatic carbocycles. The Hall–Kier alpha value is -2.05. The first-order valence-electron chi connectivity index (χ1n) is 7.22. The highest BCUT2D eigenvalue weighted by Gasteiger charge is 2.37. The van der Waals surface area contributed by atoms with Crippen molar-refractivity contribution in [3.8, 4) is 0 Å². The smallest absolute Gasteiger partial charge is 0.416 e. The lowest BCUT2D eigenvalue weighted by Crippen LogP contribution is -2.48. The van der Waals surface area contributed by atoms with E-state index in [0.717, 1.165) is 18.3 Å². The van der Waals surface area contributed by atoms with Crippen LogP contribution in [0.1, 0.15) is 38.4 Å². The molecule has 1 N–H and O–H groups in total. The molecule has 1 atom stereocenters. The van der Waals surface area contributed by atoms with Gasteiger partial charge >= 0.3 is 12.3 Å². The van der Waals surface area contributed by atoms with Crippen molar-refractivity contribution >= 4 is 11.7 Å². The fourth-order valence-corrected chi connectivity index (χ4v) is 2.71. The van der Waals surface area contributed by atoms with Crippen molar-refractivity contribution in [2.75, 3.05) is 6.54 Å². The molecular formula is C16H19F3N2O2. The number of aromatic nitrogens is 1. The minimum absolute atomic E-state index is 0.143. The number of amides is 1. The molecule has 126 valence electrons. The number of hydrogen-bond donors (Lipinski definition) is 1. The van der Waals surface area contributed by atoms with Crippen LogP contribution in [0.2, 0.25) is 0 Å². The molecular weight excluding hydrogens is 309 g/mol. The highest BCUT2D eigenvalue weighted by atomic mass is 19.4. The molecule has 23 heavy (non-hydrogen) atoms. The van der Waals surface area contributed by atoms with Crippen molar-refractivity contribution in [1.82, 2.24) is 9.88 Å². The number of carboxylic acid groups (broad SMARTS) is 1. The van der Waals surface area contributed by atoms with Crippen LogP contribution in [0.4, 0.5) is 18.0 Å². The van der Waals surface area contributed by atoms with Gasteiger partial charge in [0.25, 0.3) is 0 Å². The summed E-state index contributed by atoms with van der Waals surface area (Å²) in [4.78, 5) is 16.7. The predicted molar refractivity (Wildman–Crippen MR) is 79.8 cm³/mol. The van der Waals surface area contributed by atoms with Crippen LogP contribution in [0.25, 0.3) is 5.57 Å². The third-order valence-corrected chi connectivity index (χ3v) is 3.99. The van der Waals surface area contributed by atoms with Crippen LogP contribution in [0, 0.1) is 5.41 Å². The van der Waals surface area contributed by atoms with Gasteiger partial charge in [-0.15, -0.1) is 0 Å². The summed E-state index contributed by atoms with van der Waals surface area (Å²) in [5, 5.41) is 9.31. The summed E-state index contributed by atoms with van der Waals surface area (Å²) in [6.45, 7) is 5.88. The van der Waals surface area contributed by atoms with E-state index in [0.29, 0.717) is 12.0 Å². The van der Waals surface area contributed by atoms with Gasteiger partial charge < -0.3 is 10.0 Å². The second-order valence-electron chi connectivity index (χ2n) is 6.68. The summed E-state index contributed by atoms with van der Waals surface area (Å²) < 4.78 is 38.5. The van der Waals surface area contributed by atoms with Gasteiger partial charge in [-0.25, -0.2) is 4.79 Å². The van der Waals surface area contributed by atoms with E-state index in [1.165, 1.54) is 4.90 Å². The molecule has 1 amide bonds. The highest BCUT2D eigenvalue weighted by Crippen LogP contribution is 2.37. The van der Waals surface area contributed by atoms with Crippen molar-refractivity contribution in [3.05, 3.63) is 35.7 Å². The maximum atomic E-state index is 12.8. The Bertz CT molecular complexity index is 633. The summed E-state index contributed by atoms with van der Waals surface area (Å²) in [6.07, 6.45) is -2.35. The number of rotatable bonds is 1. The number of carbonyl (C=O) groups is 1. The lowest BCUT2D eigenvalue weighted by atomic mass is 9.79. The Morgan fingerprint density at radius 3 is 2.52 bits per heavy atom. The number of nitrogens with zero attached hydrogens (tertiary/aromatic N) is 2. The normalized spacial score (nSPS) is 19.5. The SMILES string of the molecule is CC(C)(C)C1CC(c2cc(C(F)(F)F)ccn2)=CCN1C(=O)O. The molecule has 0 aromatic carbocycles. The summed E-state index contributed by atoms with van der Waals surface area (Å²) in [6, 6.07) is 1.62. The first kappa shape index (κ1) is 17.3. The van der Waals surface area contributed by atoms with Gasteiger partial charge in [-0.05, 0) is 29.5 Å². The van der Waals surface area contributed by atoms with Gasteiger partial charge in [0.1, 0.15) is 0 Å². The largest absolute Gasteiger partial charge is 0.465 e. The van der Waals surface area contributed by atoms with Gasteiger partial charge in [-0.1, -0.05) is 26.8 Å². The van der Waals surface area contributed by atoms with Gasteiger partial charge in [0.2, 0.25) is 0 Å². The molecule has 0 radical (unpaired) electrons. The van der Waals surface area contributed by atoms with Gasteiger partial charge in [0.15, 0.2) is 0 Å². The molecule has 7 heteroatoms. The van der Waals surface area contributed by atoms with Crippen molar-refractivity contribution in [3.63, 3.8) is 0 Å². The third kappa shape index (κ3) is 3.83. The Morgan fingerprint density at radius 2 is 2.00 bits per heavy atom. The van der Waals surface area contributed by atoms with E-state index in [2.05, 4.69) is 4.98 Å². The second-order valence-corrected chi connectivity index (χ2v) is 6.68. The van der Waals surface area contributed by atoms with Crippen molar-refractivity contribution in [2.45, 2.75) is 39.4 Å². The van der Waals surface area contributed by atoms with E-state index in [-0.39, 0.29) is 23.7 Å². The van der Waals surface area contributed by atoms with Crippen molar-refractivity contribution in [2.24, 2.45) is 5.41 Å². The average molecular weight is 328 g/mol. The number of hydrogen-bond acceptors (Lipinski definition) is 2. The van der Waals surface area contributed by atoms with Gasteiger partial charge in [0, 0.05) is 18.8 Å². The zero-order chi connectivity index (χ0) is 17.4. The van der Waals surface area contributed by atoms with Crippen LogP contribution in [0.3, 0.4) is 0 Å². The van der Waals surface area contributed by atoms with Crippen molar-refractivity contribution < 1.29 is 23.1 Å². The van der Waals surface area contributed by atoms with E-state index in [1.54, 1.807) is 6.08 Å². The quantitative estimate of drug-likeness (QED) is 0.837. The molecule has 1 aromatic rings. The summed E-state index contributed by atoms with van der Waals surface area (Å²) >= 11 is 0. The Kier molecular flexibility index (Phi) is 4.41. The molecule has 2 heterocycles. The van der Waals surface area contributed by atoms with Crippen LogP contribution in [0.15, 0.2) is 24.4 Å². The summed E-state index contributed by atoms with van der Waals surface area (Å²) in [5.74, 6) is 0. The monoisotopic (exact) mass is 328 g/mol. The second kappa shape index (κ2) is 5.86. The van der Waals surface area contributed by atoms with E-state index in [4.69, 9.17) is 0 Å². The van der Waals surface area contributed by atoms with Crippen LogP contribution in [-0.2, 0) is 6.18 Å². The van der Waals surface area contributed by atoms with Gasteiger partial charge in [-0.2, -0.15) is 13.2 Å². The molecule has 1 aliphatic heterocycles. The van der Waals surface area contributed by atoms with Crippen LogP contribution in [0.5, 0.6) is 0 Å². The maximum absolute atomic E-state index is 12.8. The minimum atomic E-state index is -4.43. The molecule has 0 saturated carbocycles. The Labute approximate surface area is 132 Å². The standard InChI is InChI=1S/C16H19F3N2O2/c1-15(2,3)13-8-10(5-7-21(13)14(22)23)12-9-11(4-6-20-12)16(17,18)19/h4-6,9,13H,7-8H2,1-3H3,(H,22,23). The first-order valence-corrected chi connectivity index (χ1v) is 7.22. The molecule has 1 unspecified atom stereocenters. The molecule has 0 saturated heterocycles. The lowest BCUT2D eigenvalue weighted by Gasteiger charge is -2.41. The first-order chi connectivity index (χ1) is 10.5. The molecule has 0 spiro atoms. The number of halogens is 3.